The van der Waals surface area contributed by atoms with Gasteiger partial charge in [0.15, 0.2) is 0 Å². The molecule has 0 bridgehead atoms. The summed E-state index contributed by atoms with van der Waals surface area (Å²) >= 11 is 0. The fourth-order valence-electron chi connectivity index (χ4n) is 4.10. The van der Waals surface area contributed by atoms with Gasteiger partial charge >= 0.3 is 0 Å². The summed E-state index contributed by atoms with van der Waals surface area (Å²) in [6, 6.07) is 4.14. The number of piperazine rings is 1. The first-order valence-electron chi connectivity index (χ1n) is 9.22. The minimum atomic E-state index is 0.0952. The van der Waals surface area contributed by atoms with E-state index in [0.717, 1.165) is 45.6 Å². The Labute approximate surface area is 150 Å². The van der Waals surface area contributed by atoms with Gasteiger partial charge in [0.1, 0.15) is 0 Å². The van der Waals surface area contributed by atoms with Crippen molar-refractivity contribution in [2.24, 2.45) is 0 Å². The molecule has 2 saturated heterocycles. The summed E-state index contributed by atoms with van der Waals surface area (Å²) < 4.78 is 5.16. The van der Waals surface area contributed by atoms with Crippen molar-refractivity contribution in [2.75, 3.05) is 53.5 Å². The van der Waals surface area contributed by atoms with Crippen molar-refractivity contribution >= 4 is 5.91 Å². The lowest BCUT2D eigenvalue weighted by Gasteiger charge is -2.49. The zero-order valence-electron chi connectivity index (χ0n) is 15.5. The van der Waals surface area contributed by atoms with Gasteiger partial charge in [0.2, 0.25) is 5.91 Å². The molecule has 0 aromatic carbocycles. The average Bonchev–Trinajstić information content (AvgIpc) is 2.78. The number of ether oxygens (including phenoxy) is 1. The Bertz CT molecular complexity index is 568. The molecule has 3 rings (SSSR count). The molecule has 6 nitrogen and oxygen atoms in total. The van der Waals surface area contributed by atoms with Crippen LogP contribution >= 0.6 is 0 Å². The van der Waals surface area contributed by atoms with Crippen molar-refractivity contribution in [3.05, 3.63) is 30.1 Å². The molecule has 2 fully saturated rings. The average molecular weight is 346 g/mol. The second-order valence-electron chi connectivity index (χ2n) is 7.34. The third-order valence-corrected chi connectivity index (χ3v) is 5.78. The van der Waals surface area contributed by atoms with Crippen LogP contribution in [0.2, 0.25) is 0 Å². The summed E-state index contributed by atoms with van der Waals surface area (Å²) in [5.74, 6) is 0.270. The maximum absolute atomic E-state index is 12.5. The highest BCUT2D eigenvalue weighted by Gasteiger charge is 2.42. The van der Waals surface area contributed by atoms with Gasteiger partial charge in [-0.05, 0) is 31.5 Å². The number of nitrogens with zero attached hydrogens (tertiary/aromatic N) is 4. The van der Waals surface area contributed by atoms with Crippen molar-refractivity contribution in [2.45, 2.75) is 31.3 Å². The monoisotopic (exact) mass is 346 g/mol. The van der Waals surface area contributed by atoms with Crippen molar-refractivity contribution in [3.63, 3.8) is 0 Å². The summed E-state index contributed by atoms with van der Waals surface area (Å²) in [5.41, 5.74) is 1.35. The Morgan fingerprint density at radius 2 is 2.16 bits per heavy atom. The van der Waals surface area contributed by atoms with Crippen LogP contribution in [-0.2, 0) is 16.1 Å². The minimum Gasteiger partial charge on any atom is -0.383 e. The third-order valence-electron chi connectivity index (χ3n) is 5.78. The first kappa shape index (κ1) is 18.3. The van der Waals surface area contributed by atoms with Gasteiger partial charge < -0.3 is 9.64 Å². The van der Waals surface area contributed by atoms with Crippen molar-refractivity contribution < 1.29 is 9.53 Å². The minimum absolute atomic E-state index is 0.0952. The molecule has 2 aliphatic heterocycles. The van der Waals surface area contributed by atoms with E-state index < -0.39 is 0 Å². The summed E-state index contributed by atoms with van der Waals surface area (Å²) in [4.78, 5) is 23.7. The van der Waals surface area contributed by atoms with Gasteiger partial charge in [-0.3, -0.25) is 19.6 Å². The predicted molar refractivity (Wildman–Crippen MR) is 97.2 cm³/mol. The Morgan fingerprint density at radius 3 is 2.92 bits per heavy atom. The highest BCUT2D eigenvalue weighted by atomic mass is 16.5. The number of methoxy groups -OCH3 is 1. The zero-order valence-corrected chi connectivity index (χ0v) is 15.5. The molecule has 2 aliphatic rings. The predicted octanol–water partition coefficient (Wildman–Crippen LogP) is 1.23. The van der Waals surface area contributed by atoms with Crippen LogP contribution in [0.5, 0.6) is 0 Å². The van der Waals surface area contributed by atoms with Gasteiger partial charge in [-0.2, -0.15) is 0 Å². The Kier molecular flexibility index (Phi) is 6.04. The molecule has 1 aromatic heterocycles. The lowest BCUT2D eigenvalue weighted by Crippen LogP contribution is -2.60. The van der Waals surface area contributed by atoms with Crippen LogP contribution in [0.3, 0.4) is 0 Å². The number of hydrogen-bond donors (Lipinski definition) is 0. The summed E-state index contributed by atoms with van der Waals surface area (Å²) in [6.07, 6.45) is 6.38. The van der Waals surface area contributed by atoms with E-state index in [1.807, 2.05) is 23.4 Å². The Morgan fingerprint density at radius 1 is 1.28 bits per heavy atom. The zero-order chi connectivity index (χ0) is 17.7. The van der Waals surface area contributed by atoms with Crippen molar-refractivity contribution in [3.8, 4) is 0 Å². The van der Waals surface area contributed by atoms with E-state index in [2.05, 4.69) is 27.9 Å². The number of rotatable bonds is 5. The molecular formula is C19H30N4O2. The molecule has 138 valence electrons. The Hall–Kier alpha value is -1.50. The number of hydrogen-bond acceptors (Lipinski definition) is 5. The molecule has 6 heteroatoms. The number of carbonyl (C=O) groups is 1. The number of aromatic nitrogens is 1. The fourth-order valence-corrected chi connectivity index (χ4v) is 4.10. The van der Waals surface area contributed by atoms with E-state index in [-0.39, 0.29) is 11.4 Å². The molecule has 0 saturated carbocycles. The maximum atomic E-state index is 12.5. The van der Waals surface area contributed by atoms with Crippen molar-refractivity contribution in [1.29, 1.82) is 0 Å². The smallest absolute Gasteiger partial charge is 0.222 e. The van der Waals surface area contributed by atoms with E-state index in [0.29, 0.717) is 19.6 Å². The lowest BCUT2D eigenvalue weighted by atomic mass is 9.86. The molecule has 25 heavy (non-hydrogen) atoms. The van der Waals surface area contributed by atoms with Gasteiger partial charge in [-0.15, -0.1) is 0 Å². The molecule has 1 amide bonds. The standard InChI is InChI=1S/C19H30N4O2/c1-21-10-11-22(15-17-4-3-8-20-14-17)16-19(21)6-5-18(24)23(9-7-19)12-13-25-2/h3-4,8,14H,5-7,9-13,15-16H2,1-2H3/t19-/m0/s1. The quantitative estimate of drug-likeness (QED) is 0.803. The van der Waals surface area contributed by atoms with Crippen LogP contribution in [-0.4, -0.2) is 84.6 Å². The van der Waals surface area contributed by atoms with Gasteiger partial charge in [0.25, 0.3) is 0 Å². The van der Waals surface area contributed by atoms with Crippen LogP contribution in [0, 0.1) is 0 Å². The summed E-state index contributed by atoms with van der Waals surface area (Å²) in [7, 11) is 3.91. The molecular weight excluding hydrogens is 316 g/mol. The third kappa shape index (κ3) is 4.37. The molecule has 1 atom stereocenters. The van der Waals surface area contributed by atoms with Crippen LogP contribution in [0.1, 0.15) is 24.8 Å². The van der Waals surface area contributed by atoms with Crippen LogP contribution < -0.4 is 0 Å². The van der Waals surface area contributed by atoms with Crippen molar-refractivity contribution in [1.82, 2.24) is 19.7 Å². The number of carbonyl (C=O) groups excluding carboxylic acids is 1. The number of pyridine rings is 1. The van der Waals surface area contributed by atoms with Gasteiger partial charge in [-0.25, -0.2) is 0 Å². The highest BCUT2D eigenvalue weighted by molar-refractivity contribution is 5.76. The SMILES string of the molecule is COCCN1CC[C@@]2(CCC1=O)CN(Cc1cccnc1)CCN2C. The maximum Gasteiger partial charge on any atom is 0.222 e. The van der Waals surface area contributed by atoms with Gasteiger partial charge in [0.05, 0.1) is 6.61 Å². The molecule has 0 unspecified atom stereocenters. The van der Waals surface area contributed by atoms with Crippen LogP contribution in [0.4, 0.5) is 0 Å². The molecule has 3 heterocycles. The molecule has 0 aliphatic carbocycles. The molecule has 1 spiro atoms. The van der Waals surface area contributed by atoms with E-state index in [1.165, 1.54) is 5.56 Å². The first-order chi connectivity index (χ1) is 12.1. The second kappa shape index (κ2) is 8.25. The normalized spacial score (nSPS) is 26.2. The summed E-state index contributed by atoms with van der Waals surface area (Å²) in [6.45, 7) is 6.21. The number of amides is 1. The van der Waals surface area contributed by atoms with Crippen LogP contribution in [0.15, 0.2) is 24.5 Å². The highest BCUT2D eigenvalue weighted by Crippen LogP contribution is 2.32. The topological polar surface area (TPSA) is 48.9 Å². The van der Waals surface area contributed by atoms with Gasteiger partial charge in [-0.1, -0.05) is 6.07 Å². The summed E-state index contributed by atoms with van der Waals surface area (Å²) in [5, 5.41) is 0. The van der Waals surface area contributed by atoms with E-state index in [9.17, 15) is 4.79 Å². The fraction of sp³-hybridized carbons (Fsp3) is 0.684. The van der Waals surface area contributed by atoms with Crippen LogP contribution in [0.25, 0.3) is 0 Å². The second-order valence-corrected chi connectivity index (χ2v) is 7.34. The van der Waals surface area contributed by atoms with E-state index >= 15 is 0 Å². The Balaban J connectivity index is 1.67. The number of likely N-dealkylation sites (tertiary alicyclic amines) is 1. The molecule has 0 N–H and O–H groups in total. The molecule has 1 aromatic rings. The largest absolute Gasteiger partial charge is 0.383 e. The van der Waals surface area contributed by atoms with Gasteiger partial charge in [0, 0.05) is 70.7 Å². The number of likely N-dealkylation sites (N-methyl/N-ethyl adjacent to an activating group) is 1. The van der Waals surface area contributed by atoms with E-state index in [1.54, 1.807) is 7.11 Å². The first-order valence-corrected chi connectivity index (χ1v) is 9.22. The van der Waals surface area contributed by atoms with E-state index in [4.69, 9.17) is 4.74 Å². The lowest BCUT2D eigenvalue weighted by molar-refractivity contribution is -0.131. The molecule has 0 radical (unpaired) electrons.